The minimum atomic E-state index is -2.18. The number of rotatable bonds is 4. The second-order valence-corrected chi connectivity index (χ2v) is 5.38. The average Bonchev–Trinajstić information content (AvgIpc) is 2.86. The smallest absolute Gasteiger partial charge is 0.345 e. The van der Waals surface area contributed by atoms with Gasteiger partial charge < -0.3 is 19.7 Å². The van der Waals surface area contributed by atoms with Crippen LogP contribution in [-0.4, -0.2) is 40.1 Å². The third kappa shape index (κ3) is 2.60. The summed E-state index contributed by atoms with van der Waals surface area (Å²) in [7, 11) is 0. The van der Waals surface area contributed by atoms with E-state index in [0.717, 1.165) is 25.7 Å². The van der Waals surface area contributed by atoms with E-state index in [1.807, 2.05) is 0 Å². The molecular formula is C13H20O6. The lowest BCUT2D eigenvalue weighted by atomic mass is 9.79. The van der Waals surface area contributed by atoms with Crippen molar-refractivity contribution >= 4 is 12.4 Å². The van der Waals surface area contributed by atoms with E-state index in [-0.39, 0.29) is 25.4 Å². The molecule has 0 aromatic carbocycles. The van der Waals surface area contributed by atoms with Crippen molar-refractivity contribution in [1.29, 1.82) is 0 Å². The third-order valence-corrected chi connectivity index (χ3v) is 4.11. The molecule has 108 valence electrons. The molecule has 19 heavy (non-hydrogen) atoms. The Balaban J connectivity index is 2.11. The Hall–Kier alpha value is -1.14. The minimum Gasteiger partial charge on any atom is -0.460 e. The molecule has 2 aliphatic rings. The van der Waals surface area contributed by atoms with Gasteiger partial charge in [0, 0.05) is 6.42 Å². The van der Waals surface area contributed by atoms with Crippen molar-refractivity contribution in [2.24, 2.45) is 0 Å². The van der Waals surface area contributed by atoms with Gasteiger partial charge in [0.05, 0.1) is 0 Å². The van der Waals surface area contributed by atoms with Crippen LogP contribution in [0.5, 0.6) is 0 Å². The van der Waals surface area contributed by atoms with Crippen LogP contribution in [0.15, 0.2) is 0 Å². The first-order chi connectivity index (χ1) is 9.02. The second kappa shape index (κ2) is 5.46. The fourth-order valence-electron chi connectivity index (χ4n) is 2.90. The molecule has 6 nitrogen and oxygen atoms in total. The predicted molar refractivity (Wildman–Crippen MR) is 63.9 cm³/mol. The number of hydrogen-bond acceptors (Lipinski definition) is 6. The zero-order valence-electron chi connectivity index (χ0n) is 10.8. The molecule has 2 atom stereocenters. The zero-order chi connectivity index (χ0) is 13.9. The van der Waals surface area contributed by atoms with Gasteiger partial charge in [-0.3, -0.25) is 4.79 Å². The molecule has 0 aromatic heterocycles. The van der Waals surface area contributed by atoms with Crippen molar-refractivity contribution in [1.82, 2.24) is 0 Å². The molecule has 2 saturated carbocycles. The molecule has 0 spiro atoms. The lowest BCUT2D eigenvalue weighted by Crippen LogP contribution is -2.63. The first-order valence-corrected chi connectivity index (χ1v) is 6.79. The summed E-state index contributed by atoms with van der Waals surface area (Å²) in [6.07, 6.45) is 4.52. The van der Waals surface area contributed by atoms with Crippen molar-refractivity contribution in [3.05, 3.63) is 0 Å². The Morgan fingerprint density at radius 2 is 1.74 bits per heavy atom. The van der Waals surface area contributed by atoms with Gasteiger partial charge in [-0.05, 0) is 44.9 Å². The molecule has 2 rings (SSSR count). The van der Waals surface area contributed by atoms with Crippen LogP contribution >= 0.6 is 0 Å². The van der Waals surface area contributed by atoms with Gasteiger partial charge in [-0.15, -0.1) is 0 Å². The molecular weight excluding hydrogens is 252 g/mol. The molecule has 6 heteroatoms. The predicted octanol–water partition coefficient (Wildman–Crippen LogP) is 0.639. The van der Waals surface area contributed by atoms with Gasteiger partial charge in [-0.2, -0.15) is 0 Å². The van der Waals surface area contributed by atoms with Crippen LogP contribution in [0, 0.1) is 0 Å². The third-order valence-electron chi connectivity index (χ3n) is 4.11. The van der Waals surface area contributed by atoms with Crippen molar-refractivity contribution in [3.63, 3.8) is 0 Å². The number of carbonyl (C=O) groups is 2. The molecule has 2 aliphatic carbocycles. The standard InChI is InChI=1S/C13H20O6/c14-9-18-13(17)8-4-3-7-12(13,16)11(15)19-10-5-1-2-6-10/h9-10,16-17H,1-8H2. The van der Waals surface area contributed by atoms with Crippen molar-refractivity contribution in [2.75, 3.05) is 0 Å². The van der Waals surface area contributed by atoms with Gasteiger partial charge in [0.2, 0.25) is 5.60 Å². The Labute approximate surface area is 111 Å². The van der Waals surface area contributed by atoms with Crippen molar-refractivity contribution < 1.29 is 29.3 Å². The summed E-state index contributed by atoms with van der Waals surface area (Å²) in [5.74, 6) is -3.06. The second-order valence-electron chi connectivity index (χ2n) is 5.38. The highest BCUT2D eigenvalue weighted by atomic mass is 16.7. The maximum Gasteiger partial charge on any atom is 0.345 e. The molecule has 0 amide bonds. The van der Waals surface area contributed by atoms with Gasteiger partial charge >= 0.3 is 5.97 Å². The van der Waals surface area contributed by atoms with Crippen molar-refractivity contribution in [2.45, 2.75) is 68.9 Å². The molecule has 2 N–H and O–H groups in total. The molecule has 0 radical (unpaired) electrons. The number of ether oxygens (including phenoxy) is 2. The Morgan fingerprint density at radius 1 is 1.11 bits per heavy atom. The number of hydrogen-bond donors (Lipinski definition) is 2. The molecule has 0 saturated heterocycles. The summed E-state index contributed by atoms with van der Waals surface area (Å²) in [5, 5.41) is 20.7. The minimum absolute atomic E-state index is 0.0298. The van der Waals surface area contributed by atoms with Gasteiger partial charge in [0.25, 0.3) is 12.3 Å². The van der Waals surface area contributed by atoms with E-state index in [4.69, 9.17) is 4.74 Å². The fourth-order valence-corrected chi connectivity index (χ4v) is 2.90. The van der Waals surface area contributed by atoms with Gasteiger partial charge in [-0.1, -0.05) is 0 Å². The van der Waals surface area contributed by atoms with E-state index in [0.29, 0.717) is 12.8 Å². The Bertz CT molecular complexity index is 351. The normalized spacial score (nSPS) is 35.9. The van der Waals surface area contributed by atoms with E-state index in [2.05, 4.69) is 4.74 Å². The molecule has 2 fully saturated rings. The molecule has 0 heterocycles. The highest BCUT2D eigenvalue weighted by molar-refractivity contribution is 5.81. The van der Waals surface area contributed by atoms with Crippen LogP contribution in [0.4, 0.5) is 0 Å². The maximum atomic E-state index is 12.1. The molecule has 0 aromatic rings. The summed E-state index contributed by atoms with van der Waals surface area (Å²) in [5.41, 5.74) is -2.16. The quantitative estimate of drug-likeness (QED) is 0.443. The maximum absolute atomic E-state index is 12.1. The number of carbonyl (C=O) groups excluding carboxylic acids is 2. The number of aliphatic hydroxyl groups is 2. The Kier molecular flexibility index (Phi) is 4.10. The highest BCUT2D eigenvalue weighted by Crippen LogP contribution is 2.39. The van der Waals surface area contributed by atoms with Crippen LogP contribution < -0.4 is 0 Å². The fraction of sp³-hybridized carbons (Fsp3) is 0.846. The van der Waals surface area contributed by atoms with Crippen LogP contribution in [0.1, 0.15) is 51.4 Å². The van der Waals surface area contributed by atoms with Crippen LogP contribution in [0.3, 0.4) is 0 Å². The molecule has 0 aliphatic heterocycles. The first kappa shape index (κ1) is 14.3. The SMILES string of the molecule is O=COC1(O)CCCCC1(O)C(=O)OC1CCCC1. The van der Waals surface area contributed by atoms with E-state index < -0.39 is 17.4 Å². The largest absolute Gasteiger partial charge is 0.460 e. The Morgan fingerprint density at radius 3 is 2.37 bits per heavy atom. The van der Waals surface area contributed by atoms with E-state index in [9.17, 15) is 19.8 Å². The summed E-state index contributed by atoms with van der Waals surface area (Å²) >= 11 is 0. The van der Waals surface area contributed by atoms with Crippen LogP contribution in [0.25, 0.3) is 0 Å². The van der Waals surface area contributed by atoms with E-state index >= 15 is 0 Å². The number of esters is 1. The molecule has 0 bridgehead atoms. The first-order valence-electron chi connectivity index (χ1n) is 6.79. The monoisotopic (exact) mass is 272 g/mol. The average molecular weight is 272 g/mol. The van der Waals surface area contributed by atoms with E-state index in [1.54, 1.807) is 0 Å². The molecule has 2 unspecified atom stereocenters. The summed E-state index contributed by atoms with van der Waals surface area (Å²) in [4.78, 5) is 22.6. The highest BCUT2D eigenvalue weighted by Gasteiger charge is 2.60. The topological polar surface area (TPSA) is 93.1 Å². The van der Waals surface area contributed by atoms with E-state index in [1.165, 1.54) is 0 Å². The summed E-state index contributed by atoms with van der Waals surface area (Å²) in [6, 6.07) is 0. The van der Waals surface area contributed by atoms with Crippen LogP contribution in [0.2, 0.25) is 0 Å². The lowest BCUT2D eigenvalue weighted by molar-refractivity contribution is -0.292. The summed E-state index contributed by atoms with van der Waals surface area (Å²) < 4.78 is 9.85. The van der Waals surface area contributed by atoms with Crippen molar-refractivity contribution in [3.8, 4) is 0 Å². The van der Waals surface area contributed by atoms with Crippen LogP contribution in [-0.2, 0) is 19.1 Å². The summed E-state index contributed by atoms with van der Waals surface area (Å²) in [6.45, 7) is 0.0547. The van der Waals surface area contributed by atoms with Gasteiger partial charge in [-0.25, -0.2) is 4.79 Å². The lowest BCUT2D eigenvalue weighted by Gasteiger charge is -2.42. The van der Waals surface area contributed by atoms with Gasteiger partial charge in [0.15, 0.2) is 0 Å². The van der Waals surface area contributed by atoms with Gasteiger partial charge in [0.1, 0.15) is 6.10 Å². The zero-order valence-corrected chi connectivity index (χ0v) is 10.8.